The molecule has 1 fully saturated rings. The van der Waals surface area contributed by atoms with E-state index in [1.54, 1.807) is 6.07 Å². The van der Waals surface area contributed by atoms with E-state index in [4.69, 9.17) is 0 Å². The van der Waals surface area contributed by atoms with Crippen molar-refractivity contribution in [2.45, 2.75) is 51.0 Å². The van der Waals surface area contributed by atoms with Crippen LogP contribution in [0, 0.1) is 5.82 Å². The molecule has 0 spiro atoms. The normalized spacial score (nSPS) is 21.0. The number of aromatic nitrogens is 2. The molecular weight excluding hydrogens is 389 g/mol. The molecule has 0 radical (unpaired) electrons. The van der Waals surface area contributed by atoms with E-state index in [1.165, 1.54) is 18.2 Å². The van der Waals surface area contributed by atoms with Crippen LogP contribution < -0.4 is 21.1 Å². The van der Waals surface area contributed by atoms with Gasteiger partial charge in [0, 0.05) is 19.0 Å². The van der Waals surface area contributed by atoms with Crippen molar-refractivity contribution in [2.75, 3.05) is 22.1 Å². The van der Waals surface area contributed by atoms with E-state index in [0.717, 1.165) is 32.2 Å². The van der Waals surface area contributed by atoms with Crippen molar-refractivity contribution in [1.29, 1.82) is 0 Å². The average molecular weight is 413 g/mol. The Morgan fingerprint density at radius 1 is 1.30 bits per heavy atom. The van der Waals surface area contributed by atoms with Crippen LogP contribution in [-0.2, 0) is 9.59 Å². The fraction of sp³-hybridized carbons (Fsp3) is 0.429. The summed E-state index contributed by atoms with van der Waals surface area (Å²) >= 11 is 0. The molecule has 0 unspecified atom stereocenters. The highest BCUT2D eigenvalue weighted by atomic mass is 19.1. The molecule has 1 aromatic carbocycles. The molecule has 2 aliphatic rings. The molecule has 2 amide bonds. The first-order chi connectivity index (χ1) is 14.5. The molecule has 2 atom stereocenters. The van der Waals surface area contributed by atoms with E-state index >= 15 is 0 Å². The van der Waals surface area contributed by atoms with Crippen LogP contribution in [0.2, 0.25) is 0 Å². The monoisotopic (exact) mass is 413 g/mol. The molecule has 9 heteroatoms. The predicted molar refractivity (Wildman–Crippen MR) is 111 cm³/mol. The van der Waals surface area contributed by atoms with E-state index in [-0.39, 0.29) is 29.5 Å². The first-order valence-corrected chi connectivity index (χ1v) is 10.2. The third-order valence-electron chi connectivity index (χ3n) is 5.76. The minimum atomic E-state index is -1.05. The molecular formula is C21H24FN5O3. The van der Waals surface area contributed by atoms with Crippen molar-refractivity contribution in [1.82, 2.24) is 9.97 Å². The Kier molecular flexibility index (Phi) is 5.52. The van der Waals surface area contributed by atoms with Crippen LogP contribution in [-0.4, -0.2) is 34.4 Å². The van der Waals surface area contributed by atoms with Crippen LogP contribution in [0.4, 0.5) is 21.8 Å². The number of halogens is 1. The summed E-state index contributed by atoms with van der Waals surface area (Å²) in [5.41, 5.74) is -0.378. The molecule has 0 bridgehead atoms. The number of anilines is 3. The summed E-state index contributed by atoms with van der Waals surface area (Å²) in [6.07, 6.45) is 3.84. The van der Waals surface area contributed by atoms with Gasteiger partial charge in [-0.05, 0) is 37.8 Å². The van der Waals surface area contributed by atoms with Gasteiger partial charge in [0.15, 0.2) is 0 Å². The molecule has 1 saturated heterocycles. The van der Waals surface area contributed by atoms with Crippen molar-refractivity contribution < 1.29 is 14.0 Å². The number of H-pyrrole nitrogens is 1. The molecule has 4 rings (SSSR count). The molecule has 8 nitrogen and oxygen atoms in total. The van der Waals surface area contributed by atoms with Crippen molar-refractivity contribution in [3.05, 3.63) is 46.0 Å². The highest BCUT2D eigenvalue weighted by molar-refractivity contribution is 6.04. The van der Waals surface area contributed by atoms with Gasteiger partial charge in [-0.25, -0.2) is 4.39 Å². The van der Waals surface area contributed by atoms with Crippen molar-refractivity contribution in [2.24, 2.45) is 0 Å². The van der Waals surface area contributed by atoms with Gasteiger partial charge in [0.25, 0.3) is 5.56 Å². The minimum absolute atomic E-state index is 0.00450. The smallest absolute Gasteiger partial charge is 0.258 e. The Bertz CT molecular complexity index is 1040. The molecule has 1 aromatic heterocycles. The van der Waals surface area contributed by atoms with Gasteiger partial charge < -0.3 is 15.5 Å². The van der Waals surface area contributed by atoms with Crippen LogP contribution in [0.1, 0.15) is 50.5 Å². The van der Waals surface area contributed by atoms with Gasteiger partial charge in [-0.3, -0.25) is 19.4 Å². The topological polar surface area (TPSA) is 107 Å². The van der Waals surface area contributed by atoms with Crippen molar-refractivity contribution in [3.63, 3.8) is 0 Å². The van der Waals surface area contributed by atoms with E-state index < -0.39 is 29.1 Å². The molecule has 30 heavy (non-hydrogen) atoms. The van der Waals surface area contributed by atoms with Crippen molar-refractivity contribution in [3.8, 4) is 0 Å². The lowest BCUT2D eigenvalue weighted by Gasteiger charge is -2.36. The number of rotatable bonds is 4. The maximum absolute atomic E-state index is 13.9. The van der Waals surface area contributed by atoms with E-state index in [1.807, 2.05) is 0 Å². The van der Waals surface area contributed by atoms with E-state index in [9.17, 15) is 18.8 Å². The van der Waals surface area contributed by atoms with E-state index in [0.29, 0.717) is 5.95 Å². The molecule has 0 saturated carbocycles. The Labute approximate surface area is 172 Å². The summed E-state index contributed by atoms with van der Waals surface area (Å²) in [5.74, 6) is -2.18. The Morgan fingerprint density at radius 2 is 2.10 bits per heavy atom. The number of amides is 2. The molecule has 158 valence electrons. The van der Waals surface area contributed by atoms with Gasteiger partial charge >= 0.3 is 0 Å². The summed E-state index contributed by atoms with van der Waals surface area (Å²) < 4.78 is 13.9. The number of benzene rings is 1. The Morgan fingerprint density at radius 3 is 2.87 bits per heavy atom. The standard InChI is InChI=1S/C21H24FN5O3/c1-2-12-7-5-6-10-27(12)21-25-18-17(20(30)26-21)13(11-16(28)24-18)19(29)23-15-9-4-3-8-14(15)22/h3-4,8-9,12-13H,2,5-7,10-11H2,1H3,(H,23,29)(H2,24,25,26,28,30)/t12-,13-/m0/s1. The summed E-state index contributed by atoms with van der Waals surface area (Å²) in [7, 11) is 0. The van der Waals surface area contributed by atoms with Crippen LogP contribution in [0.25, 0.3) is 0 Å². The number of hydrogen-bond acceptors (Lipinski definition) is 5. The fourth-order valence-corrected chi connectivity index (χ4v) is 4.21. The minimum Gasteiger partial charge on any atom is -0.339 e. The first kappa shape index (κ1) is 20.1. The lowest BCUT2D eigenvalue weighted by Crippen LogP contribution is -2.43. The third kappa shape index (κ3) is 3.79. The average Bonchev–Trinajstić information content (AvgIpc) is 2.74. The zero-order chi connectivity index (χ0) is 21.3. The summed E-state index contributed by atoms with van der Waals surface area (Å²) in [4.78, 5) is 47.3. The molecule has 3 N–H and O–H groups in total. The van der Waals surface area contributed by atoms with Gasteiger partial charge in [0.1, 0.15) is 11.6 Å². The third-order valence-corrected chi connectivity index (χ3v) is 5.76. The molecule has 2 aromatic rings. The highest BCUT2D eigenvalue weighted by Crippen LogP contribution is 2.32. The van der Waals surface area contributed by atoms with Crippen LogP contribution in [0.15, 0.2) is 29.1 Å². The van der Waals surface area contributed by atoms with Gasteiger partial charge in [-0.15, -0.1) is 0 Å². The Balaban J connectivity index is 1.67. The zero-order valence-corrected chi connectivity index (χ0v) is 16.7. The maximum atomic E-state index is 13.9. The number of carbonyl (C=O) groups excluding carboxylic acids is 2. The number of aromatic amines is 1. The zero-order valence-electron chi connectivity index (χ0n) is 16.7. The number of hydrogen-bond donors (Lipinski definition) is 3. The highest BCUT2D eigenvalue weighted by Gasteiger charge is 2.36. The van der Waals surface area contributed by atoms with Crippen molar-refractivity contribution >= 4 is 29.3 Å². The van der Waals surface area contributed by atoms with Crippen LogP contribution in [0.5, 0.6) is 0 Å². The largest absolute Gasteiger partial charge is 0.339 e. The SMILES string of the molecule is CC[C@H]1CCCCN1c1nc2c(c(=O)[nH]1)[C@@H](C(=O)Nc1ccccc1F)CC(=O)N2. The number of para-hydroxylation sites is 1. The van der Waals surface area contributed by atoms with E-state index in [2.05, 4.69) is 32.4 Å². The first-order valence-electron chi connectivity index (χ1n) is 10.2. The molecule has 2 aliphatic heterocycles. The number of nitrogens with one attached hydrogen (secondary N) is 3. The lowest BCUT2D eigenvalue weighted by atomic mass is 9.92. The summed E-state index contributed by atoms with van der Waals surface area (Å²) in [5, 5.41) is 5.10. The van der Waals surface area contributed by atoms with Gasteiger partial charge in [-0.1, -0.05) is 19.1 Å². The fourth-order valence-electron chi connectivity index (χ4n) is 4.21. The molecule has 0 aliphatic carbocycles. The van der Waals surface area contributed by atoms with Gasteiger partial charge in [-0.2, -0.15) is 4.98 Å². The van der Waals surface area contributed by atoms with Crippen LogP contribution >= 0.6 is 0 Å². The number of fused-ring (bicyclic) bond motifs is 1. The number of carbonyl (C=O) groups is 2. The number of piperidine rings is 1. The van der Waals surface area contributed by atoms with Gasteiger partial charge in [0.05, 0.1) is 17.2 Å². The predicted octanol–water partition coefficient (Wildman–Crippen LogP) is 2.74. The second kappa shape index (κ2) is 8.25. The summed E-state index contributed by atoms with van der Waals surface area (Å²) in [6, 6.07) is 6.00. The van der Waals surface area contributed by atoms with Crippen LogP contribution in [0.3, 0.4) is 0 Å². The number of nitrogens with zero attached hydrogens (tertiary/aromatic N) is 2. The second-order valence-corrected chi connectivity index (χ2v) is 7.68. The second-order valence-electron chi connectivity index (χ2n) is 7.68. The Hall–Kier alpha value is -3.23. The lowest BCUT2D eigenvalue weighted by molar-refractivity contribution is -0.123. The molecule has 3 heterocycles. The quantitative estimate of drug-likeness (QED) is 0.715. The van der Waals surface area contributed by atoms with Gasteiger partial charge in [0.2, 0.25) is 17.8 Å². The maximum Gasteiger partial charge on any atom is 0.258 e. The summed E-state index contributed by atoms with van der Waals surface area (Å²) in [6.45, 7) is 2.86.